The van der Waals surface area contributed by atoms with E-state index in [2.05, 4.69) is 10.3 Å². The predicted molar refractivity (Wildman–Crippen MR) is 78.0 cm³/mol. The summed E-state index contributed by atoms with van der Waals surface area (Å²) in [6, 6.07) is -0.674. The van der Waals surface area contributed by atoms with E-state index in [0.717, 1.165) is 5.57 Å². The molecule has 0 aromatic heterocycles. The Morgan fingerprint density at radius 1 is 1.42 bits per heavy atom. The third-order valence-electron chi connectivity index (χ3n) is 2.78. The minimum absolute atomic E-state index is 0.0177. The van der Waals surface area contributed by atoms with Crippen LogP contribution in [0.15, 0.2) is 16.8 Å². The van der Waals surface area contributed by atoms with Crippen LogP contribution < -0.4 is 11.1 Å². The highest BCUT2D eigenvalue weighted by Crippen LogP contribution is 2.09. The van der Waals surface area contributed by atoms with Gasteiger partial charge < -0.3 is 11.1 Å². The number of aliphatic imine (C=N–C) groups is 1. The van der Waals surface area contributed by atoms with Crippen molar-refractivity contribution in [2.75, 3.05) is 0 Å². The first-order chi connectivity index (χ1) is 8.74. The van der Waals surface area contributed by atoms with Gasteiger partial charge in [0.25, 0.3) is 0 Å². The molecule has 0 aromatic carbocycles. The summed E-state index contributed by atoms with van der Waals surface area (Å²) in [6.45, 7) is 8.82. The number of hydrogen-bond acceptors (Lipinski definition) is 4. The zero-order chi connectivity index (χ0) is 15.1. The number of carbonyl (C=O) groups is 2. The van der Waals surface area contributed by atoms with Crippen LogP contribution in [-0.2, 0) is 9.59 Å². The lowest BCUT2D eigenvalue weighted by Crippen LogP contribution is -2.54. The molecule has 108 valence electrons. The number of nitrogens with two attached hydrogens (primary N) is 1. The molecular weight excluding hydrogens is 242 g/mol. The van der Waals surface area contributed by atoms with E-state index in [-0.39, 0.29) is 11.7 Å². The highest BCUT2D eigenvalue weighted by molar-refractivity contribution is 5.93. The molecule has 0 fully saturated rings. The van der Waals surface area contributed by atoms with Gasteiger partial charge in [-0.2, -0.15) is 0 Å². The zero-order valence-electron chi connectivity index (χ0n) is 12.5. The molecule has 0 saturated carbocycles. The molecule has 19 heavy (non-hydrogen) atoms. The molecular formula is C14H25N3O2. The van der Waals surface area contributed by atoms with Crippen LogP contribution in [0.2, 0.25) is 0 Å². The number of hydrogen-bond donors (Lipinski definition) is 2. The quantitative estimate of drug-likeness (QED) is 0.687. The lowest BCUT2D eigenvalue weighted by Gasteiger charge is -2.26. The molecule has 0 aliphatic heterocycles. The normalized spacial score (nSPS) is 14.5. The lowest BCUT2D eigenvalue weighted by molar-refractivity contribution is -0.131. The number of nitrogens with one attached hydrogen (secondary N) is 1. The van der Waals surface area contributed by atoms with Crippen LogP contribution in [0.1, 0.15) is 47.5 Å². The largest absolute Gasteiger partial charge is 0.343 e. The van der Waals surface area contributed by atoms with Crippen molar-refractivity contribution in [3.8, 4) is 0 Å². The third kappa shape index (κ3) is 6.29. The molecule has 0 saturated heterocycles. The fourth-order valence-corrected chi connectivity index (χ4v) is 1.61. The number of carbonyl (C=O) groups excluding carboxylic acids is 2. The van der Waals surface area contributed by atoms with E-state index in [1.165, 1.54) is 0 Å². The topological polar surface area (TPSA) is 84.5 Å². The highest BCUT2D eigenvalue weighted by atomic mass is 16.2. The van der Waals surface area contributed by atoms with Gasteiger partial charge in [0.1, 0.15) is 0 Å². The molecule has 1 atom stereocenters. The van der Waals surface area contributed by atoms with Gasteiger partial charge in [-0.1, -0.05) is 12.5 Å². The molecule has 3 N–H and O–H groups in total. The van der Waals surface area contributed by atoms with Crippen LogP contribution in [0, 0.1) is 0 Å². The van der Waals surface area contributed by atoms with Gasteiger partial charge in [-0.3, -0.25) is 14.6 Å². The van der Waals surface area contributed by atoms with Gasteiger partial charge in [-0.15, -0.1) is 0 Å². The SMILES string of the molecule is C/C=N\C=C(/C)C[C@H](N)C(=O)NC(C)(C)C(=O)CC. The number of rotatable bonds is 7. The van der Waals surface area contributed by atoms with Crippen LogP contribution in [0.4, 0.5) is 0 Å². The van der Waals surface area contributed by atoms with Gasteiger partial charge in [-0.25, -0.2) is 0 Å². The molecule has 1 amide bonds. The highest BCUT2D eigenvalue weighted by Gasteiger charge is 2.29. The molecule has 0 heterocycles. The monoisotopic (exact) mass is 267 g/mol. The molecule has 0 aliphatic carbocycles. The van der Waals surface area contributed by atoms with Crippen molar-refractivity contribution in [1.29, 1.82) is 0 Å². The van der Waals surface area contributed by atoms with Gasteiger partial charge in [0.2, 0.25) is 5.91 Å². The van der Waals surface area contributed by atoms with Gasteiger partial charge in [0.05, 0.1) is 11.6 Å². The Bertz CT molecular complexity index is 384. The van der Waals surface area contributed by atoms with Crippen molar-refractivity contribution in [2.24, 2.45) is 10.7 Å². The van der Waals surface area contributed by atoms with Gasteiger partial charge in [0.15, 0.2) is 5.78 Å². The second-order valence-electron chi connectivity index (χ2n) is 5.08. The van der Waals surface area contributed by atoms with Crippen molar-refractivity contribution < 1.29 is 9.59 Å². The van der Waals surface area contributed by atoms with Crippen molar-refractivity contribution in [3.05, 3.63) is 11.8 Å². The predicted octanol–water partition coefficient (Wildman–Crippen LogP) is 1.57. The first kappa shape index (κ1) is 17.5. The number of amides is 1. The van der Waals surface area contributed by atoms with Crippen LogP contribution in [0.3, 0.4) is 0 Å². The van der Waals surface area contributed by atoms with E-state index in [1.54, 1.807) is 33.2 Å². The molecule has 0 spiro atoms. The first-order valence-corrected chi connectivity index (χ1v) is 6.49. The molecule has 0 bridgehead atoms. The van der Waals surface area contributed by atoms with E-state index in [4.69, 9.17) is 5.73 Å². The molecule has 0 radical (unpaired) electrons. The molecule has 0 unspecified atom stereocenters. The smallest absolute Gasteiger partial charge is 0.238 e. The van der Waals surface area contributed by atoms with Crippen molar-refractivity contribution in [3.63, 3.8) is 0 Å². The van der Waals surface area contributed by atoms with Gasteiger partial charge in [-0.05, 0) is 34.1 Å². The molecule has 5 heteroatoms. The van der Waals surface area contributed by atoms with Crippen LogP contribution >= 0.6 is 0 Å². The summed E-state index contributed by atoms with van der Waals surface area (Å²) < 4.78 is 0. The standard InChI is InChI=1S/C14H25N3O2/c1-6-12(18)14(4,5)17-13(19)11(15)8-10(3)9-16-7-2/h7,9,11H,6,8,15H2,1-5H3,(H,17,19)/b10-9+,16-7-/t11-/m0/s1. The summed E-state index contributed by atoms with van der Waals surface area (Å²) in [5.74, 6) is -0.337. The lowest BCUT2D eigenvalue weighted by atomic mass is 9.96. The number of Topliss-reactive ketones (excluding diaryl/α,β-unsaturated/α-hetero) is 1. The fraction of sp³-hybridized carbons (Fsp3) is 0.643. The Hall–Kier alpha value is -1.49. The Morgan fingerprint density at radius 2 is 2.00 bits per heavy atom. The van der Waals surface area contributed by atoms with Crippen molar-refractivity contribution in [2.45, 2.75) is 59.0 Å². The first-order valence-electron chi connectivity index (χ1n) is 6.49. The maximum absolute atomic E-state index is 11.9. The summed E-state index contributed by atoms with van der Waals surface area (Å²) in [5, 5.41) is 2.69. The second-order valence-corrected chi connectivity index (χ2v) is 5.08. The summed E-state index contributed by atoms with van der Waals surface area (Å²) in [5.41, 5.74) is 5.87. The molecule has 5 nitrogen and oxygen atoms in total. The van der Waals surface area contributed by atoms with E-state index < -0.39 is 11.6 Å². The van der Waals surface area contributed by atoms with Crippen LogP contribution in [0.5, 0.6) is 0 Å². The Kier molecular flexibility index (Phi) is 7.22. The average Bonchev–Trinajstić information content (AvgIpc) is 2.34. The zero-order valence-corrected chi connectivity index (χ0v) is 12.5. The van der Waals surface area contributed by atoms with Crippen molar-refractivity contribution in [1.82, 2.24) is 5.32 Å². The van der Waals surface area contributed by atoms with Gasteiger partial charge >= 0.3 is 0 Å². The van der Waals surface area contributed by atoms with E-state index in [1.807, 2.05) is 13.8 Å². The summed E-state index contributed by atoms with van der Waals surface area (Å²) >= 11 is 0. The summed E-state index contributed by atoms with van der Waals surface area (Å²) in [7, 11) is 0. The molecule has 0 aliphatic rings. The Labute approximate surface area is 115 Å². The Morgan fingerprint density at radius 3 is 2.47 bits per heavy atom. The van der Waals surface area contributed by atoms with Crippen LogP contribution in [-0.4, -0.2) is 29.5 Å². The van der Waals surface area contributed by atoms with Crippen LogP contribution in [0.25, 0.3) is 0 Å². The maximum atomic E-state index is 11.9. The summed E-state index contributed by atoms with van der Waals surface area (Å²) in [4.78, 5) is 27.6. The van der Waals surface area contributed by atoms with Gasteiger partial charge in [0, 0.05) is 18.8 Å². The minimum atomic E-state index is -0.872. The minimum Gasteiger partial charge on any atom is -0.343 e. The van der Waals surface area contributed by atoms with Crippen molar-refractivity contribution >= 4 is 17.9 Å². The maximum Gasteiger partial charge on any atom is 0.238 e. The molecule has 0 rings (SSSR count). The third-order valence-corrected chi connectivity index (χ3v) is 2.78. The Balaban J connectivity index is 4.55. The number of nitrogens with zero attached hydrogens (tertiary/aromatic N) is 1. The van der Waals surface area contributed by atoms with E-state index in [9.17, 15) is 9.59 Å². The average molecular weight is 267 g/mol. The fourth-order valence-electron chi connectivity index (χ4n) is 1.61. The summed E-state index contributed by atoms with van der Waals surface area (Å²) in [6.07, 6.45) is 4.14. The van der Waals surface area contributed by atoms with E-state index >= 15 is 0 Å². The second kappa shape index (κ2) is 7.84. The van der Waals surface area contributed by atoms with E-state index in [0.29, 0.717) is 12.8 Å². The number of ketones is 1. The molecule has 0 aromatic rings.